The molecule has 1 N–H and O–H groups in total. The molecule has 5 rings (SSSR count). The molecule has 0 spiro atoms. The Morgan fingerprint density at radius 3 is 2.84 bits per heavy atom. The Balaban J connectivity index is 1.35. The van der Waals surface area contributed by atoms with Crippen molar-refractivity contribution in [2.45, 2.75) is 23.8 Å². The molecule has 0 saturated carbocycles. The van der Waals surface area contributed by atoms with Crippen molar-refractivity contribution in [1.29, 1.82) is 0 Å². The maximum Gasteiger partial charge on any atom is 0.274 e. The predicted molar refractivity (Wildman–Crippen MR) is 132 cm³/mol. The summed E-state index contributed by atoms with van der Waals surface area (Å²) >= 11 is 6.38. The van der Waals surface area contributed by atoms with Crippen LogP contribution in [0.4, 0.5) is 5.69 Å². The molecular formula is C22H20BrN5O2S2. The van der Waals surface area contributed by atoms with Crippen LogP contribution in [0.25, 0.3) is 21.1 Å². The normalized spacial score (nSPS) is 14.9. The molecule has 164 valence electrons. The highest BCUT2D eigenvalue weighted by Crippen LogP contribution is 2.40. The molecule has 1 saturated heterocycles. The molecule has 2 aromatic carbocycles. The molecule has 0 unspecified atom stereocenters. The number of halogens is 1. The fourth-order valence-electron chi connectivity index (χ4n) is 3.83. The number of thioether (sulfide) groups is 1. The van der Waals surface area contributed by atoms with Gasteiger partial charge in [0.05, 0.1) is 28.2 Å². The number of para-hydroxylation sites is 1. The summed E-state index contributed by atoms with van der Waals surface area (Å²) in [5.41, 5.74) is 2.11. The minimum absolute atomic E-state index is 0.0281. The molecule has 1 aliphatic heterocycles. The number of benzene rings is 2. The monoisotopic (exact) mass is 529 g/mol. The minimum atomic E-state index is -0.371. The number of hydrogen-bond donors (Lipinski definition) is 1. The van der Waals surface area contributed by atoms with Gasteiger partial charge in [0.1, 0.15) is 0 Å². The van der Waals surface area contributed by atoms with Gasteiger partial charge in [-0.15, -0.1) is 21.6 Å². The number of azo groups is 1. The number of likely N-dealkylation sites (tertiary alicyclic amines) is 1. The van der Waals surface area contributed by atoms with Gasteiger partial charge in [0.25, 0.3) is 5.91 Å². The van der Waals surface area contributed by atoms with E-state index in [-0.39, 0.29) is 17.5 Å². The highest BCUT2D eigenvalue weighted by atomic mass is 79.9. The van der Waals surface area contributed by atoms with Crippen LogP contribution in [0.1, 0.15) is 12.8 Å². The lowest BCUT2D eigenvalue weighted by atomic mass is 10.2. The fourth-order valence-corrected chi connectivity index (χ4v) is 6.04. The van der Waals surface area contributed by atoms with Crippen molar-refractivity contribution < 1.29 is 9.90 Å². The highest BCUT2D eigenvalue weighted by molar-refractivity contribution is 9.10. The fraction of sp³-hybridized carbons (Fsp3) is 0.273. The van der Waals surface area contributed by atoms with Gasteiger partial charge in [0.2, 0.25) is 5.88 Å². The lowest BCUT2D eigenvalue weighted by molar-refractivity contribution is -0.115. The Morgan fingerprint density at radius 2 is 2.03 bits per heavy atom. The summed E-state index contributed by atoms with van der Waals surface area (Å²) in [5.74, 6) is -0.204. The van der Waals surface area contributed by atoms with Gasteiger partial charge in [-0.3, -0.25) is 14.3 Å². The number of aromatic nitrogens is 2. The number of fused-ring (bicyclic) bond motifs is 2. The van der Waals surface area contributed by atoms with Crippen molar-refractivity contribution in [3.8, 4) is 5.88 Å². The van der Waals surface area contributed by atoms with Gasteiger partial charge < -0.3 is 5.11 Å². The van der Waals surface area contributed by atoms with Gasteiger partial charge in [-0.05, 0) is 56.3 Å². The summed E-state index contributed by atoms with van der Waals surface area (Å²) in [7, 11) is 0. The maximum absolute atomic E-state index is 12.4. The summed E-state index contributed by atoms with van der Waals surface area (Å²) in [5, 5.41) is 19.7. The number of amides is 1. The Labute approximate surface area is 201 Å². The summed E-state index contributed by atoms with van der Waals surface area (Å²) in [6, 6.07) is 13.7. The van der Waals surface area contributed by atoms with Crippen LogP contribution in [0, 0.1) is 0 Å². The molecule has 10 heteroatoms. The van der Waals surface area contributed by atoms with Crippen LogP contribution in [0.3, 0.4) is 0 Å². The van der Waals surface area contributed by atoms with Crippen LogP contribution >= 0.6 is 39.0 Å². The van der Waals surface area contributed by atoms with E-state index in [0.717, 1.165) is 43.0 Å². The number of aromatic hydroxyl groups is 1. The molecule has 0 atom stereocenters. The smallest absolute Gasteiger partial charge is 0.274 e. The topological polar surface area (TPSA) is 83.1 Å². The zero-order chi connectivity index (χ0) is 22.1. The lowest BCUT2D eigenvalue weighted by Crippen LogP contribution is -2.22. The first-order chi connectivity index (χ1) is 15.6. The first-order valence-electron chi connectivity index (χ1n) is 10.2. The van der Waals surface area contributed by atoms with Crippen molar-refractivity contribution in [3.05, 3.63) is 46.9 Å². The molecule has 4 aromatic rings. The van der Waals surface area contributed by atoms with E-state index in [4.69, 9.17) is 0 Å². The van der Waals surface area contributed by atoms with Crippen LogP contribution in [0.5, 0.6) is 5.88 Å². The average molecular weight is 530 g/mol. The molecule has 32 heavy (non-hydrogen) atoms. The van der Waals surface area contributed by atoms with Crippen molar-refractivity contribution >= 4 is 71.7 Å². The van der Waals surface area contributed by atoms with E-state index in [9.17, 15) is 9.90 Å². The van der Waals surface area contributed by atoms with Crippen LogP contribution in [0.15, 0.2) is 61.5 Å². The average Bonchev–Trinajstić information content (AvgIpc) is 3.50. The molecule has 1 aliphatic rings. The number of nitrogens with zero attached hydrogens (tertiary/aromatic N) is 5. The first kappa shape index (κ1) is 21.6. The lowest BCUT2D eigenvalue weighted by Gasteiger charge is -2.17. The summed E-state index contributed by atoms with van der Waals surface area (Å²) in [4.78, 5) is 19.2. The number of carbonyl (C=O) groups is 1. The second-order valence-corrected chi connectivity index (χ2v) is 10.7. The molecule has 1 fully saturated rings. The molecule has 0 aliphatic carbocycles. The van der Waals surface area contributed by atoms with Crippen molar-refractivity contribution in [2.24, 2.45) is 10.2 Å². The number of thiazole rings is 1. The SMILES string of the molecule is O=C(CSc1nc2ccccc2s1)N=Nc1c(O)n(CN2CCCC2)c2ccc(Br)cc12. The zero-order valence-corrected chi connectivity index (χ0v) is 20.3. The van der Waals surface area contributed by atoms with Crippen LogP contribution in [-0.2, 0) is 11.5 Å². The van der Waals surface area contributed by atoms with E-state index < -0.39 is 0 Å². The van der Waals surface area contributed by atoms with E-state index in [0.29, 0.717) is 12.4 Å². The van der Waals surface area contributed by atoms with Gasteiger partial charge in [-0.2, -0.15) is 0 Å². The van der Waals surface area contributed by atoms with Crippen molar-refractivity contribution in [1.82, 2.24) is 14.5 Å². The van der Waals surface area contributed by atoms with E-state index in [2.05, 4.69) is 36.0 Å². The second kappa shape index (κ2) is 9.30. The summed E-state index contributed by atoms with van der Waals surface area (Å²) in [6.07, 6.45) is 2.33. The third-order valence-electron chi connectivity index (χ3n) is 5.37. The Morgan fingerprint density at radius 1 is 1.22 bits per heavy atom. The number of rotatable bonds is 6. The molecule has 1 amide bonds. The Kier molecular flexibility index (Phi) is 6.27. The summed E-state index contributed by atoms with van der Waals surface area (Å²) in [6.45, 7) is 2.60. The van der Waals surface area contributed by atoms with Crippen LogP contribution < -0.4 is 0 Å². The molecule has 0 bridgehead atoms. The maximum atomic E-state index is 12.4. The predicted octanol–water partition coefficient (Wildman–Crippen LogP) is 6.18. The van der Waals surface area contributed by atoms with E-state index in [1.54, 1.807) is 11.3 Å². The Bertz CT molecular complexity index is 1290. The molecule has 7 nitrogen and oxygen atoms in total. The van der Waals surface area contributed by atoms with E-state index >= 15 is 0 Å². The molecule has 2 aromatic heterocycles. The summed E-state index contributed by atoms with van der Waals surface area (Å²) < 4.78 is 4.62. The molecular weight excluding hydrogens is 510 g/mol. The minimum Gasteiger partial charge on any atom is -0.493 e. The van der Waals surface area contributed by atoms with Gasteiger partial charge in [-0.25, -0.2) is 4.98 Å². The second-order valence-electron chi connectivity index (χ2n) is 7.56. The number of carbonyl (C=O) groups excluding carboxylic acids is 1. The number of hydrogen-bond acceptors (Lipinski definition) is 7. The quantitative estimate of drug-likeness (QED) is 0.238. The first-order valence-corrected chi connectivity index (χ1v) is 12.8. The van der Waals surface area contributed by atoms with Gasteiger partial charge >= 0.3 is 0 Å². The zero-order valence-electron chi connectivity index (χ0n) is 17.1. The highest BCUT2D eigenvalue weighted by Gasteiger charge is 2.21. The van der Waals surface area contributed by atoms with E-state index in [1.165, 1.54) is 24.6 Å². The Hall–Kier alpha value is -2.27. The van der Waals surface area contributed by atoms with Gasteiger partial charge in [0.15, 0.2) is 10.0 Å². The molecule has 0 radical (unpaired) electrons. The largest absolute Gasteiger partial charge is 0.493 e. The van der Waals surface area contributed by atoms with Crippen molar-refractivity contribution in [2.75, 3.05) is 18.8 Å². The standard InChI is InChI=1S/C22H20BrN5O2S2/c23-14-7-8-17-15(11-14)20(21(30)28(17)13-27-9-3-4-10-27)26-25-19(29)12-31-22-24-16-5-1-2-6-18(16)32-22/h1-2,5-8,11,30H,3-4,9-10,12-13H2. The van der Waals surface area contributed by atoms with Gasteiger partial charge in [-0.1, -0.05) is 39.8 Å². The van der Waals surface area contributed by atoms with E-state index in [1.807, 2.05) is 47.0 Å². The van der Waals surface area contributed by atoms with Gasteiger partial charge in [0, 0.05) is 9.86 Å². The molecule has 3 heterocycles. The third kappa shape index (κ3) is 4.45. The van der Waals surface area contributed by atoms with Crippen molar-refractivity contribution in [3.63, 3.8) is 0 Å². The van der Waals surface area contributed by atoms with Crippen LogP contribution in [-0.4, -0.2) is 44.3 Å². The van der Waals surface area contributed by atoms with Crippen LogP contribution in [0.2, 0.25) is 0 Å². The third-order valence-corrected chi connectivity index (χ3v) is 8.02.